The first kappa shape index (κ1) is 11.0. The molecule has 0 bridgehead atoms. The van der Waals surface area contributed by atoms with Crippen LogP contribution in [-0.4, -0.2) is 17.4 Å². The van der Waals surface area contributed by atoms with Crippen molar-refractivity contribution in [1.29, 1.82) is 0 Å². The van der Waals surface area contributed by atoms with Gasteiger partial charge in [0.05, 0.1) is 17.6 Å². The fraction of sp³-hybridized carbons (Fsp3) is 0.286. The molecule has 2 aromatic rings. The molecule has 2 aromatic heterocycles. The molecular weight excluding hydrogens is 228 g/mol. The van der Waals surface area contributed by atoms with Crippen molar-refractivity contribution in [3.05, 3.63) is 47.7 Å². The van der Waals surface area contributed by atoms with Crippen molar-refractivity contribution in [2.75, 3.05) is 11.4 Å². The lowest BCUT2D eigenvalue weighted by molar-refractivity contribution is 0.0957. The van der Waals surface area contributed by atoms with E-state index < -0.39 is 0 Å². The largest absolute Gasteiger partial charge is 0.459 e. The van der Waals surface area contributed by atoms with Crippen LogP contribution in [0.15, 0.2) is 35.1 Å². The van der Waals surface area contributed by atoms with Gasteiger partial charge in [-0.05, 0) is 38.0 Å². The summed E-state index contributed by atoms with van der Waals surface area (Å²) < 4.78 is 5.28. The molecule has 92 valence electrons. The van der Waals surface area contributed by atoms with E-state index in [4.69, 9.17) is 4.42 Å². The van der Waals surface area contributed by atoms with Gasteiger partial charge in [0, 0.05) is 18.3 Å². The van der Waals surface area contributed by atoms with Crippen molar-refractivity contribution >= 4 is 11.6 Å². The molecular formula is C14H14N2O2. The molecule has 4 heteroatoms. The SMILES string of the molecule is Cc1ccoc1C(=O)N1CCCc2ncccc21. The van der Waals surface area contributed by atoms with Crippen molar-refractivity contribution in [1.82, 2.24) is 4.98 Å². The molecule has 1 amide bonds. The number of furan rings is 1. The Labute approximate surface area is 105 Å². The topological polar surface area (TPSA) is 46.3 Å². The fourth-order valence-electron chi connectivity index (χ4n) is 2.32. The summed E-state index contributed by atoms with van der Waals surface area (Å²) >= 11 is 0. The predicted molar refractivity (Wildman–Crippen MR) is 67.7 cm³/mol. The third-order valence-electron chi connectivity index (χ3n) is 3.25. The molecule has 3 rings (SSSR count). The normalized spacial score (nSPS) is 14.4. The number of nitrogens with zero attached hydrogens (tertiary/aromatic N) is 2. The van der Waals surface area contributed by atoms with Crippen LogP contribution in [0.4, 0.5) is 5.69 Å². The van der Waals surface area contributed by atoms with Gasteiger partial charge >= 0.3 is 0 Å². The first-order chi connectivity index (χ1) is 8.77. The van der Waals surface area contributed by atoms with Crippen LogP contribution in [0.1, 0.15) is 28.2 Å². The van der Waals surface area contributed by atoms with Crippen LogP contribution in [0.25, 0.3) is 0 Å². The highest BCUT2D eigenvalue weighted by molar-refractivity contribution is 6.05. The molecule has 0 saturated heterocycles. The number of aromatic nitrogens is 1. The lowest BCUT2D eigenvalue weighted by Crippen LogP contribution is -2.35. The van der Waals surface area contributed by atoms with Crippen LogP contribution in [0.5, 0.6) is 0 Å². The summed E-state index contributed by atoms with van der Waals surface area (Å²) in [7, 11) is 0. The van der Waals surface area contributed by atoms with Gasteiger partial charge in [0.15, 0.2) is 5.76 Å². The van der Waals surface area contributed by atoms with E-state index in [0.29, 0.717) is 5.76 Å². The molecule has 0 aromatic carbocycles. The highest BCUT2D eigenvalue weighted by Crippen LogP contribution is 2.27. The first-order valence-corrected chi connectivity index (χ1v) is 6.07. The van der Waals surface area contributed by atoms with Crippen molar-refractivity contribution in [3.8, 4) is 0 Å². The highest BCUT2D eigenvalue weighted by atomic mass is 16.3. The smallest absolute Gasteiger partial charge is 0.294 e. The predicted octanol–water partition coefficient (Wildman–Crippen LogP) is 2.58. The summed E-state index contributed by atoms with van der Waals surface area (Å²) in [6.45, 7) is 2.60. The fourth-order valence-corrected chi connectivity index (χ4v) is 2.32. The maximum absolute atomic E-state index is 12.4. The molecule has 1 aliphatic heterocycles. The van der Waals surface area contributed by atoms with Gasteiger partial charge in [-0.3, -0.25) is 9.78 Å². The van der Waals surface area contributed by atoms with Crippen molar-refractivity contribution < 1.29 is 9.21 Å². The van der Waals surface area contributed by atoms with Gasteiger partial charge < -0.3 is 9.32 Å². The van der Waals surface area contributed by atoms with Crippen molar-refractivity contribution in [3.63, 3.8) is 0 Å². The highest BCUT2D eigenvalue weighted by Gasteiger charge is 2.26. The molecule has 0 saturated carbocycles. The van der Waals surface area contributed by atoms with Gasteiger partial charge in [-0.25, -0.2) is 0 Å². The van der Waals surface area contributed by atoms with E-state index in [2.05, 4.69) is 4.98 Å². The van der Waals surface area contributed by atoms with Crippen LogP contribution >= 0.6 is 0 Å². The van der Waals surface area contributed by atoms with Crippen LogP contribution in [0, 0.1) is 6.92 Å². The van der Waals surface area contributed by atoms with Crippen LogP contribution < -0.4 is 4.90 Å². The Hall–Kier alpha value is -2.10. The molecule has 0 unspecified atom stereocenters. The number of carbonyl (C=O) groups is 1. The van der Waals surface area contributed by atoms with Gasteiger partial charge in [0.1, 0.15) is 0 Å². The Kier molecular flexibility index (Phi) is 2.63. The lowest BCUT2D eigenvalue weighted by atomic mass is 10.1. The molecule has 0 atom stereocenters. The molecule has 0 spiro atoms. The number of hydrogen-bond donors (Lipinski definition) is 0. The molecule has 0 N–H and O–H groups in total. The second-order valence-corrected chi connectivity index (χ2v) is 4.46. The number of rotatable bonds is 1. The summed E-state index contributed by atoms with van der Waals surface area (Å²) in [5.74, 6) is 0.346. The third-order valence-corrected chi connectivity index (χ3v) is 3.25. The van der Waals surface area contributed by atoms with Gasteiger partial charge in [-0.2, -0.15) is 0 Å². The summed E-state index contributed by atoms with van der Waals surface area (Å²) in [5.41, 5.74) is 2.77. The van der Waals surface area contributed by atoms with Gasteiger partial charge in [0.2, 0.25) is 0 Å². The molecule has 18 heavy (non-hydrogen) atoms. The Morgan fingerprint density at radius 2 is 2.33 bits per heavy atom. The molecule has 1 aliphatic rings. The van der Waals surface area contributed by atoms with Crippen LogP contribution in [-0.2, 0) is 6.42 Å². The number of aryl methyl sites for hydroxylation is 2. The number of pyridine rings is 1. The van der Waals surface area contributed by atoms with E-state index in [1.807, 2.05) is 19.1 Å². The van der Waals surface area contributed by atoms with Gasteiger partial charge in [0.25, 0.3) is 5.91 Å². The van der Waals surface area contributed by atoms with Crippen molar-refractivity contribution in [2.24, 2.45) is 0 Å². The molecule has 0 aliphatic carbocycles. The summed E-state index contributed by atoms with van der Waals surface area (Å²) in [6, 6.07) is 5.61. The van der Waals surface area contributed by atoms with E-state index in [1.165, 1.54) is 0 Å². The zero-order chi connectivity index (χ0) is 12.5. The second-order valence-electron chi connectivity index (χ2n) is 4.46. The maximum atomic E-state index is 12.4. The van der Waals surface area contributed by atoms with Crippen molar-refractivity contribution in [2.45, 2.75) is 19.8 Å². The second kappa shape index (κ2) is 4.29. The van der Waals surface area contributed by atoms with E-state index in [1.54, 1.807) is 23.4 Å². The minimum absolute atomic E-state index is 0.0774. The average molecular weight is 242 g/mol. The number of fused-ring (bicyclic) bond motifs is 1. The van der Waals surface area contributed by atoms with E-state index in [9.17, 15) is 4.79 Å². The minimum atomic E-state index is -0.0774. The summed E-state index contributed by atoms with van der Waals surface area (Å²) in [5, 5.41) is 0. The van der Waals surface area contributed by atoms with Gasteiger partial charge in [-0.1, -0.05) is 0 Å². The Morgan fingerprint density at radius 1 is 1.44 bits per heavy atom. The zero-order valence-corrected chi connectivity index (χ0v) is 10.2. The Balaban J connectivity index is 2.00. The molecule has 0 fully saturated rings. The first-order valence-electron chi connectivity index (χ1n) is 6.07. The Morgan fingerprint density at radius 3 is 3.11 bits per heavy atom. The molecule has 4 nitrogen and oxygen atoms in total. The number of anilines is 1. The van der Waals surface area contributed by atoms with E-state index in [0.717, 1.165) is 36.3 Å². The molecule has 3 heterocycles. The summed E-state index contributed by atoms with van der Waals surface area (Å²) in [4.78, 5) is 18.5. The van der Waals surface area contributed by atoms with Crippen LogP contribution in [0.3, 0.4) is 0 Å². The van der Waals surface area contributed by atoms with Gasteiger partial charge in [-0.15, -0.1) is 0 Å². The average Bonchev–Trinajstić information content (AvgIpc) is 2.83. The van der Waals surface area contributed by atoms with Crippen LogP contribution in [0.2, 0.25) is 0 Å². The summed E-state index contributed by atoms with van der Waals surface area (Å²) in [6.07, 6.45) is 5.19. The Bertz CT molecular complexity index is 589. The maximum Gasteiger partial charge on any atom is 0.294 e. The quantitative estimate of drug-likeness (QED) is 0.772. The monoisotopic (exact) mass is 242 g/mol. The zero-order valence-electron chi connectivity index (χ0n) is 10.2. The standard InChI is InChI=1S/C14H14N2O2/c1-10-6-9-18-13(10)14(17)16-8-3-4-11-12(16)5-2-7-15-11/h2,5-7,9H,3-4,8H2,1H3. The molecule has 0 radical (unpaired) electrons. The number of carbonyl (C=O) groups excluding carboxylic acids is 1. The number of hydrogen-bond acceptors (Lipinski definition) is 3. The lowest BCUT2D eigenvalue weighted by Gasteiger charge is -2.28. The third kappa shape index (κ3) is 1.70. The van der Waals surface area contributed by atoms with E-state index >= 15 is 0 Å². The minimum Gasteiger partial charge on any atom is -0.459 e. The van der Waals surface area contributed by atoms with E-state index in [-0.39, 0.29) is 5.91 Å². The number of amides is 1.